The number of anilines is 1. The SMILES string of the molecule is Oc1cc(Br)cc(O)c1CNc1ncnc2nc[nH]c12. The number of hydrogen-bond acceptors (Lipinski definition) is 6. The van der Waals surface area contributed by atoms with Gasteiger partial charge in [0.1, 0.15) is 23.3 Å². The lowest BCUT2D eigenvalue weighted by atomic mass is 10.2. The monoisotopic (exact) mass is 335 g/mol. The summed E-state index contributed by atoms with van der Waals surface area (Å²) in [4.78, 5) is 15.1. The minimum atomic E-state index is -0.000661. The predicted molar refractivity (Wildman–Crippen MR) is 76.5 cm³/mol. The quantitative estimate of drug-likeness (QED) is 0.584. The second-order valence-electron chi connectivity index (χ2n) is 4.10. The number of benzene rings is 1. The van der Waals surface area contributed by atoms with Crippen LogP contribution in [0.15, 0.2) is 29.3 Å². The van der Waals surface area contributed by atoms with Crippen LogP contribution in [0.3, 0.4) is 0 Å². The minimum Gasteiger partial charge on any atom is -0.507 e. The molecule has 0 radical (unpaired) electrons. The third-order valence-electron chi connectivity index (χ3n) is 2.82. The van der Waals surface area contributed by atoms with Crippen molar-refractivity contribution in [2.24, 2.45) is 0 Å². The first-order valence-electron chi connectivity index (χ1n) is 5.73. The fourth-order valence-corrected chi connectivity index (χ4v) is 2.29. The van der Waals surface area contributed by atoms with Crippen molar-refractivity contribution < 1.29 is 10.2 Å². The standard InChI is InChI=1S/C12H10BrN5O2/c13-6-1-8(19)7(9(20)2-6)3-14-11-10-12(16-4-15-10)18-5-17-11/h1-2,4-5,19-20H,3H2,(H2,14,15,16,17,18). The molecule has 8 heteroatoms. The van der Waals surface area contributed by atoms with Crippen LogP contribution in [0.2, 0.25) is 0 Å². The molecule has 2 aromatic heterocycles. The van der Waals surface area contributed by atoms with Crippen molar-refractivity contribution in [3.63, 3.8) is 0 Å². The van der Waals surface area contributed by atoms with Crippen LogP contribution in [-0.2, 0) is 6.54 Å². The lowest BCUT2D eigenvalue weighted by Crippen LogP contribution is -2.03. The van der Waals surface area contributed by atoms with E-state index >= 15 is 0 Å². The third kappa shape index (κ3) is 2.25. The Bertz CT molecular complexity index is 750. The molecule has 0 spiro atoms. The van der Waals surface area contributed by atoms with Crippen molar-refractivity contribution in [2.45, 2.75) is 6.54 Å². The number of phenolic OH excluding ortho intramolecular Hbond substituents is 2. The van der Waals surface area contributed by atoms with E-state index in [4.69, 9.17) is 0 Å². The van der Waals surface area contributed by atoms with Crippen LogP contribution in [0, 0.1) is 0 Å². The maximum absolute atomic E-state index is 9.84. The van der Waals surface area contributed by atoms with E-state index in [1.165, 1.54) is 24.8 Å². The average Bonchev–Trinajstić information content (AvgIpc) is 2.86. The van der Waals surface area contributed by atoms with Gasteiger partial charge in [-0.1, -0.05) is 15.9 Å². The van der Waals surface area contributed by atoms with Gasteiger partial charge in [0.25, 0.3) is 0 Å². The number of nitrogens with one attached hydrogen (secondary N) is 2. The van der Waals surface area contributed by atoms with Crippen LogP contribution < -0.4 is 5.32 Å². The van der Waals surface area contributed by atoms with Crippen LogP contribution in [0.5, 0.6) is 11.5 Å². The molecule has 20 heavy (non-hydrogen) atoms. The molecule has 0 bridgehead atoms. The zero-order chi connectivity index (χ0) is 14.1. The van der Waals surface area contributed by atoms with Gasteiger partial charge in [-0.05, 0) is 12.1 Å². The molecular formula is C12H10BrN5O2. The maximum atomic E-state index is 9.84. The highest BCUT2D eigenvalue weighted by atomic mass is 79.9. The zero-order valence-electron chi connectivity index (χ0n) is 10.1. The Hall–Kier alpha value is -2.35. The van der Waals surface area contributed by atoms with Gasteiger partial charge in [0.05, 0.1) is 11.9 Å². The molecule has 0 unspecified atom stereocenters. The maximum Gasteiger partial charge on any atom is 0.182 e. The zero-order valence-corrected chi connectivity index (χ0v) is 11.7. The molecule has 7 nitrogen and oxygen atoms in total. The number of hydrogen-bond donors (Lipinski definition) is 4. The predicted octanol–water partition coefficient (Wildman–Crippen LogP) is 2.14. The molecule has 0 atom stereocenters. The van der Waals surface area contributed by atoms with Gasteiger partial charge in [0.15, 0.2) is 11.5 Å². The molecule has 3 aromatic rings. The topological polar surface area (TPSA) is 107 Å². The van der Waals surface area contributed by atoms with Crippen molar-refractivity contribution in [1.29, 1.82) is 0 Å². The number of H-pyrrole nitrogens is 1. The smallest absolute Gasteiger partial charge is 0.182 e. The number of rotatable bonds is 3. The summed E-state index contributed by atoms with van der Waals surface area (Å²) >= 11 is 3.20. The Labute approximate surface area is 121 Å². The summed E-state index contributed by atoms with van der Waals surface area (Å²) in [7, 11) is 0. The molecule has 0 aliphatic heterocycles. The number of imidazole rings is 1. The second-order valence-corrected chi connectivity index (χ2v) is 5.02. The van der Waals surface area contributed by atoms with E-state index in [0.717, 1.165) is 0 Å². The van der Waals surface area contributed by atoms with Crippen molar-refractivity contribution in [3.8, 4) is 11.5 Å². The molecule has 0 aliphatic rings. The van der Waals surface area contributed by atoms with E-state index in [1.807, 2.05) is 0 Å². The highest BCUT2D eigenvalue weighted by Gasteiger charge is 2.11. The molecular weight excluding hydrogens is 326 g/mol. The van der Waals surface area contributed by atoms with E-state index in [-0.39, 0.29) is 18.0 Å². The fraction of sp³-hybridized carbons (Fsp3) is 0.0833. The molecule has 2 heterocycles. The van der Waals surface area contributed by atoms with E-state index in [1.54, 1.807) is 0 Å². The van der Waals surface area contributed by atoms with Crippen LogP contribution in [0.4, 0.5) is 5.82 Å². The van der Waals surface area contributed by atoms with E-state index in [0.29, 0.717) is 27.0 Å². The van der Waals surface area contributed by atoms with Gasteiger partial charge >= 0.3 is 0 Å². The van der Waals surface area contributed by atoms with Gasteiger partial charge < -0.3 is 20.5 Å². The molecule has 0 fully saturated rings. The van der Waals surface area contributed by atoms with Crippen LogP contribution >= 0.6 is 15.9 Å². The van der Waals surface area contributed by atoms with Crippen LogP contribution in [0.1, 0.15) is 5.56 Å². The molecule has 3 rings (SSSR count). The summed E-state index contributed by atoms with van der Waals surface area (Å²) in [5.41, 5.74) is 1.61. The summed E-state index contributed by atoms with van der Waals surface area (Å²) in [6.45, 7) is 0.218. The molecule has 102 valence electrons. The normalized spacial score (nSPS) is 10.8. The Morgan fingerprint density at radius 3 is 2.65 bits per heavy atom. The molecule has 0 saturated heterocycles. The number of fused-ring (bicyclic) bond motifs is 1. The van der Waals surface area contributed by atoms with Crippen molar-refractivity contribution >= 4 is 32.9 Å². The summed E-state index contributed by atoms with van der Waals surface area (Å²) in [6, 6.07) is 3.03. The molecule has 4 N–H and O–H groups in total. The lowest BCUT2D eigenvalue weighted by molar-refractivity contribution is 0.439. The first-order valence-corrected chi connectivity index (χ1v) is 6.53. The van der Waals surface area contributed by atoms with Crippen molar-refractivity contribution in [2.75, 3.05) is 5.32 Å². The fourth-order valence-electron chi connectivity index (χ4n) is 1.86. The largest absolute Gasteiger partial charge is 0.507 e. The van der Waals surface area contributed by atoms with Gasteiger partial charge in [0, 0.05) is 11.0 Å². The number of nitrogens with zero attached hydrogens (tertiary/aromatic N) is 3. The molecule has 0 aliphatic carbocycles. The van der Waals surface area contributed by atoms with Gasteiger partial charge in [0.2, 0.25) is 0 Å². The second kappa shape index (κ2) is 4.97. The summed E-state index contributed by atoms with van der Waals surface area (Å²) in [6.07, 6.45) is 2.92. The number of phenols is 2. The Kier molecular flexibility index (Phi) is 3.15. The minimum absolute atomic E-state index is 0.000661. The third-order valence-corrected chi connectivity index (χ3v) is 3.28. The van der Waals surface area contributed by atoms with Gasteiger partial charge in [-0.3, -0.25) is 0 Å². The van der Waals surface area contributed by atoms with Gasteiger partial charge in [-0.2, -0.15) is 0 Å². The Balaban J connectivity index is 1.89. The molecule has 0 saturated carbocycles. The van der Waals surface area contributed by atoms with Crippen LogP contribution in [0.25, 0.3) is 11.2 Å². The number of halogens is 1. The average molecular weight is 336 g/mol. The lowest BCUT2D eigenvalue weighted by Gasteiger charge is -2.10. The number of aromatic amines is 1. The van der Waals surface area contributed by atoms with Gasteiger partial charge in [-0.25, -0.2) is 15.0 Å². The van der Waals surface area contributed by atoms with Crippen molar-refractivity contribution in [3.05, 3.63) is 34.8 Å². The molecule has 0 amide bonds. The summed E-state index contributed by atoms with van der Waals surface area (Å²) in [5.74, 6) is 0.549. The van der Waals surface area contributed by atoms with Crippen LogP contribution in [-0.4, -0.2) is 30.1 Å². The first kappa shape index (κ1) is 12.7. The molecule has 1 aromatic carbocycles. The first-order chi connectivity index (χ1) is 9.65. The Morgan fingerprint density at radius 1 is 1.15 bits per heavy atom. The van der Waals surface area contributed by atoms with E-state index in [9.17, 15) is 10.2 Å². The van der Waals surface area contributed by atoms with Crippen molar-refractivity contribution in [1.82, 2.24) is 19.9 Å². The highest BCUT2D eigenvalue weighted by Crippen LogP contribution is 2.32. The highest BCUT2D eigenvalue weighted by molar-refractivity contribution is 9.10. The van der Waals surface area contributed by atoms with E-state index < -0.39 is 0 Å². The van der Waals surface area contributed by atoms with Gasteiger partial charge in [-0.15, -0.1) is 0 Å². The number of aromatic nitrogens is 4. The summed E-state index contributed by atoms with van der Waals surface area (Å²) < 4.78 is 0.606. The van der Waals surface area contributed by atoms with E-state index in [2.05, 4.69) is 41.2 Å². The Morgan fingerprint density at radius 2 is 1.90 bits per heavy atom. The number of aromatic hydroxyl groups is 2. The summed E-state index contributed by atoms with van der Waals surface area (Å²) in [5, 5.41) is 22.7.